The molecule has 0 saturated heterocycles. The van der Waals surface area contributed by atoms with Crippen LogP contribution in [0.3, 0.4) is 0 Å². The molecule has 9 heteroatoms. The molecule has 0 aliphatic rings. The lowest BCUT2D eigenvalue weighted by molar-refractivity contribution is -0.384. The van der Waals surface area contributed by atoms with E-state index < -0.39 is 10.5 Å². The maximum atomic E-state index is 12.5. The van der Waals surface area contributed by atoms with Gasteiger partial charge in [-0.05, 0) is 38.1 Å². The average molecular weight is 391 g/mol. The van der Waals surface area contributed by atoms with Gasteiger partial charge < -0.3 is 5.32 Å². The number of non-ortho nitro benzene ring substituents is 1. The summed E-state index contributed by atoms with van der Waals surface area (Å²) in [6, 6.07) is 9.56. The van der Waals surface area contributed by atoms with Crippen molar-refractivity contribution in [2.75, 3.05) is 5.32 Å². The van der Waals surface area contributed by atoms with Crippen LogP contribution in [0, 0.1) is 17.0 Å². The lowest BCUT2D eigenvalue weighted by atomic mass is 10.2. The Balaban J connectivity index is 1.88. The van der Waals surface area contributed by atoms with Gasteiger partial charge in [-0.3, -0.25) is 14.9 Å². The second-order valence-corrected chi connectivity index (χ2v) is 7.37. The Hall–Kier alpha value is -2.71. The van der Waals surface area contributed by atoms with Gasteiger partial charge in [0.25, 0.3) is 11.2 Å². The van der Waals surface area contributed by atoms with Gasteiger partial charge in [0.1, 0.15) is 5.02 Å². The van der Waals surface area contributed by atoms with Crippen molar-refractivity contribution in [2.24, 2.45) is 0 Å². The predicted molar refractivity (Wildman–Crippen MR) is 103 cm³/mol. The van der Waals surface area contributed by atoms with Gasteiger partial charge in [-0.1, -0.05) is 11.6 Å². The highest BCUT2D eigenvalue weighted by atomic mass is 35.5. The lowest BCUT2D eigenvalue weighted by Gasteiger charge is -2.15. The van der Waals surface area contributed by atoms with Crippen molar-refractivity contribution >= 4 is 34.3 Å². The fraction of sp³-hybridized carbons (Fsp3) is 0.176. The summed E-state index contributed by atoms with van der Waals surface area (Å²) in [5.74, 6) is 0. The van der Waals surface area contributed by atoms with E-state index in [0.29, 0.717) is 11.4 Å². The van der Waals surface area contributed by atoms with Crippen molar-refractivity contribution in [1.82, 2.24) is 9.78 Å². The fourth-order valence-corrected chi connectivity index (χ4v) is 3.49. The molecular formula is C17H15ClN4O3S. The maximum absolute atomic E-state index is 12.5. The molecule has 1 aromatic carbocycles. The zero-order valence-electron chi connectivity index (χ0n) is 14.0. The highest BCUT2D eigenvalue weighted by molar-refractivity contribution is 7.12. The number of aromatic nitrogens is 2. The van der Waals surface area contributed by atoms with Gasteiger partial charge in [0.2, 0.25) is 0 Å². The summed E-state index contributed by atoms with van der Waals surface area (Å²) in [5.41, 5.74) is 0.274. The van der Waals surface area contributed by atoms with Gasteiger partial charge in [0, 0.05) is 21.9 Å². The normalized spacial score (nSPS) is 12.0. The smallest absolute Gasteiger partial charge is 0.292 e. The van der Waals surface area contributed by atoms with Crippen LogP contribution in [-0.2, 0) is 0 Å². The monoisotopic (exact) mass is 390 g/mol. The number of nitro benzene ring substituents is 1. The fourth-order valence-electron chi connectivity index (χ4n) is 2.42. The molecule has 26 heavy (non-hydrogen) atoms. The highest BCUT2D eigenvalue weighted by Crippen LogP contribution is 2.27. The number of hydrogen-bond acceptors (Lipinski definition) is 6. The zero-order chi connectivity index (χ0) is 18.8. The Bertz CT molecular complexity index is 1010. The number of rotatable bonds is 5. The van der Waals surface area contributed by atoms with Crippen LogP contribution in [0.1, 0.15) is 22.7 Å². The molecule has 134 valence electrons. The number of aryl methyl sites for hydroxylation is 1. The Labute approximate surface area is 158 Å². The molecule has 1 unspecified atom stereocenters. The maximum Gasteiger partial charge on any atom is 0.292 e. The molecule has 1 atom stereocenters. The van der Waals surface area contributed by atoms with Gasteiger partial charge in [-0.25, -0.2) is 0 Å². The summed E-state index contributed by atoms with van der Waals surface area (Å²) in [6.07, 6.45) is 1.47. The van der Waals surface area contributed by atoms with Crippen LogP contribution in [0.25, 0.3) is 5.69 Å². The number of anilines is 1. The highest BCUT2D eigenvalue weighted by Gasteiger charge is 2.15. The first-order valence-electron chi connectivity index (χ1n) is 7.72. The average Bonchev–Trinajstić information content (AvgIpc) is 3.06. The molecule has 0 spiro atoms. The van der Waals surface area contributed by atoms with E-state index in [4.69, 9.17) is 11.6 Å². The SMILES string of the molecule is Cc1ccc(C(C)Nc2cnn(-c3ccc([N+](=O)[O-])cc3)c(=O)c2Cl)s1. The summed E-state index contributed by atoms with van der Waals surface area (Å²) < 4.78 is 1.11. The Morgan fingerprint density at radius 3 is 2.54 bits per heavy atom. The summed E-state index contributed by atoms with van der Waals surface area (Å²) in [4.78, 5) is 25.1. The van der Waals surface area contributed by atoms with E-state index in [1.807, 2.05) is 26.0 Å². The van der Waals surface area contributed by atoms with E-state index in [9.17, 15) is 14.9 Å². The third-order valence-electron chi connectivity index (χ3n) is 3.78. The largest absolute Gasteiger partial charge is 0.375 e. The summed E-state index contributed by atoms with van der Waals surface area (Å²) in [7, 11) is 0. The van der Waals surface area contributed by atoms with Crippen LogP contribution in [0.4, 0.5) is 11.4 Å². The molecule has 3 aromatic rings. The third-order valence-corrected chi connectivity index (χ3v) is 5.33. The molecular weight excluding hydrogens is 376 g/mol. The molecule has 1 N–H and O–H groups in total. The standard InChI is InChI=1S/C17H15ClN4O3S/c1-10-3-8-15(26-10)11(2)20-14-9-19-21(17(23)16(14)18)12-4-6-13(7-5-12)22(24)25/h3-9,11,20H,1-2H3. The molecule has 0 aliphatic heterocycles. The molecule has 0 bridgehead atoms. The van der Waals surface area contributed by atoms with Crippen LogP contribution in [0.15, 0.2) is 47.4 Å². The van der Waals surface area contributed by atoms with Crippen molar-refractivity contribution in [3.05, 3.63) is 77.8 Å². The topological polar surface area (TPSA) is 90.1 Å². The number of nitrogens with zero attached hydrogens (tertiary/aromatic N) is 3. The van der Waals surface area contributed by atoms with E-state index in [1.165, 1.54) is 35.3 Å². The third kappa shape index (κ3) is 3.61. The molecule has 0 aliphatic carbocycles. The number of thiophene rings is 1. The Kier molecular flexibility index (Phi) is 5.06. The minimum Gasteiger partial charge on any atom is -0.375 e. The van der Waals surface area contributed by atoms with Gasteiger partial charge in [0.15, 0.2) is 0 Å². The predicted octanol–water partition coefficient (Wildman–Crippen LogP) is 4.34. The van der Waals surface area contributed by atoms with Gasteiger partial charge in [-0.2, -0.15) is 9.78 Å². The van der Waals surface area contributed by atoms with Crippen molar-refractivity contribution in [3.8, 4) is 5.69 Å². The van der Waals surface area contributed by atoms with Crippen molar-refractivity contribution in [2.45, 2.75) is 19.9 Å². The van der Waals surface area contributed by atoms with Gasteiger partial charge in [-0.15, -0.1) is 11.3 Å². The zero-order valence-corrected chi connectivity index (χ0v) is 15.5. The molecule has 2 aromatic heterocycles. The first-order chi connectivity index (χ1) is 12.4. The summed E-state index contributed by atoms with van der Waals surface area (Å²) in [5, 5.41) is 18.1. The summed E-state index contributed by atoms with van der Waals surface area (Å²) in [6.45, 7) is 4.00. The molecule has 0 fully saturated rings. The summed E-state index contributed by atoms with van der Waals surface area (Å²) >= 11 is 7.89. The van der Waals surface area contributed by atoms with Crippen LogP contribution in [-0.4, -0.2) is 14.7 Å². The number of halogens is 1. The number of benzene rings is 1. The van der Waals surface area contributed by atoms with Gasteiger partial charge in [0.05, 0.1) is 28.5 Å². The second-order valence-electron chi connectivity index (χ2n) is 5.68. The number of hydrogen-bond donors (Lipinski definition) is 1. The quantitative estimate of drug-likeness (QED) is 0.517. The van der Waals surface area contributed by atoms with Crippen LogP contribution in [0.2, 0.25) is 5.02 Å². The van der Waals surface area contributed by atoms with E-state index >= 15 is 0 Å². The number of nitro groups is 1. The molecule has 0 radical (unpaired) electrons. The van der Waals surface area contributed by atoms with Crippen LogP contribution < -0.4 is 10.9 Å². The van der Waals surface area contributed by atoms with Crippen molar-refractivity contribution in [3.63, 3.8) is 0 Å². The Morgan fingerprint density at radius 2 is 1.96 bits per heavy atom. The molecule has 0 amide bonds. The Morgan fingerprint density at radius 1 is 1.27 bits per heavy atom. The van der Waals surface area contributed by atoms with Crippen LogP contribution >= 0.6 is 22.9 Å². The van der Waals surface area contributed by atoms with E-state index in [2.05, 4.69) is 10.4 Å². The lowest BCUT2D eigenvalue weighted by Crippen LogP contribution is -2.23. The molecule has 2 heterocycles. The van der Waals surface area contributed by atoms with Crippen molar-refractivity contribution in [1.29, 1.82) is 0 Å². The second kappa shape index (κ2) is 7.27. The van der Waals surface area contributed by atoms with E-state index in [0.717, 1.165) is 9.56 Å². The van der Waals surface area contributed by atoms with Gasteiger partial charge >= 0.3 is 0 Å². The molecule has 3 rings (SSSR count). The molecule has 7 nitrogen and oxygen atoms in total. The first-order valence-corrected chi connectivity index (χ1v) is 8.92. The van der Waals surface area contributed by atoms with Crippen molar-refractivity contribution < 1.29 is 4.92 Å². The van der Waals surface area contributed by atoms with E-state index in [1.54, 1.807) is 11.3 Å². The molecule has 0 saturated carbocycles. The first kappa shape index (κ1) is 18.1. The van der Waals surface area contributed by atoms with Crippen LogP contribution in [0.5, 0.6) is 0 Å². The minimum absolute atomic E-state index is 0.0125. The number of nitrogens with one attached hydrogen (secondary N) is 1. The van der Waals surface area contributed by atoms with E-state index in [-0.39, 0.29) is 16.8 Å². The minimum atomic E-state index is -0.506.